The second-order valence-electron chi connectivity index (χ2n) is 5.31. The summed E-state index contributed by atoms with van der Waals surface area (Å²) in [4.78, 5) is 18.5. The van der Waals surface area contributed by atoms with Crippen LogP contribution in [0.25, 0.3) is 11.1 Å². The molecule has 0 radical (unpaired) electrons. The molecule has 3 aromatic heterocycles. The SMILES string of the molecule is C#CCN(Cc1ccco1)C(=O)c1cncc(-c2cnn(C)c2)c1. The van der Waals surface area contributed by atoms with E-state index in [1.54, 1.807) is 46.4 Å². The molecule has 3 rings (SSSR count). The van der Waals surface area contributed by atoms with Crippen molar-refractivity contribution in [3.63, 3.8) is 0 Å². The number of aryl methyl sites for hydroxylation is 1. The standard InChI is InChI=1S/C18H16N4O2/c1-3-6-22(13-17-5-4-7-24-17)18(23)15-8-14(9-19-10-15)16-11-20-21(2)12-16/h1,4-5,7-12H,6,13H2,2H3. The van der Waals surface area contributed by atoms with Crippen LogP contribution >= 0.6 is 0 Å². The average molecular weight is 320 g/mol. The van der Waals surface area contributed by atoms with Crippen LogP contribution in [0, 0.1) is 12.3 Å². The monoisotopic (exact) mass is 320 g/mol. The number of aromatic nitrogens is 3. The summed E-state index contributed by atoms with van der Waals surface area (Å²) in [5.41, 5.74) is 2.19. The van der Waals surface area contributed by atoms with Crippen LogP contribution in [0.5, 0.6) is 0 Å². The van der Waals surface area contributed by atoms with Crippen molar-refractivity contribution in [1.29, 1.82) is 0 Å². The molecule has 0 atom stereocenters. The number of furan rings is 1. The van der Waals surface area contributed by atoms with E-state index in [9.17, 15) is 4.79 Å². The molecule has 0 saturated carbocycles. The summed E-state index contributed by atoms with van der Waals surface area (Å²) in [7, 11) is 1.84. The molecule has 0 aliphatic heterocycles. The molecule has 3 aromatic rings. The van der Waals surface area contributed by atoms with E-state index >= 15 is 0 Å². The summed E-state index contributed by atoms with van der Waals surface area (Å²) in [6.45, 7) is 0.504. The molecule has 0 spiro atoms. The molecule has 6 nitrogen and oxygen atoms in total. The van der Waals surface area contributed by atoms with Crippen molar-refractivity contribution in [3.05, 3.63) is 60.6 Å². The summed E-state index contributed by atoms with van der Waals surface area (Å²) in [6, 6.07) is 5.37. The minimum absolute atomic E-state index is 0.191. The van der Waals surface area contributed by atoms with E-state index in [4.69, 9.17) is 10.8 Å². The van der Waals surface area contributed by atoms with E-state index in [0.717, 1.165) is 11.1 Å². The fraction of sp³-hybridized carbons (Fsp3) is 0.167. The first-order valence-corrected chi connectivity index (χ1v) is 7.36. The molecule has 3 heterocycles. The Labute approximate surface area is 139 Å². The van der Waals surface area contributed by atoms with Crippen LogP contribution in [0.15, 0.2) is 53.7 Å². The van der Waals surface area contributed by atoms with Crippen LogP contribution < -0.4 is 0 Å². The van der Waals surface area contributed by atoms with Gasteiger partial charge in [0.15, 0.2) is 0 Å². The minimum atomic E-state index is -0.192. The van der Waals surface area contributed by atoms with Gasteiger partial charge in [0.25, 0.3) is 5.91 Å². The van der Waals surface area contributed by atoms with Gasteiger partial charge in [-0.3, -0.25) is 14.5 Å². The quantitative estimate of drug-likeness (QED) is 0.677. The van der Waals surface area contributed by atoms with Crippen molar-refractivity contribution in [2.75, 3.05) is 6.54 Å². The summed E-state index contributed by atoms with van der Waals surface area (Å²) in [6.07, 6.45) is 13.8. The molecule has 0 saturated heterocycles. The number of carbonyl (C=O) groups is 1. The number of carbonyl (C=O) groups excluding carboxylic acids is 1. The molecule has 0 aliphatic carbocycles. The lowest BCUT2D eigenvalue weighted by molar-refractivity contribution is 0.0755. The first-order chi connectivity index (χ1) is 11.7. The number of pyridine rings is 1. The number of rotatable bonds is 5. The van der Waals surface area contributed by atoms with Crippen molar-refractivity contribution < 1.29 is 9.21 Å². The van der Waals surface area contributed by atoms with Gasteiger partial charge in [-0.2, -0.15) is 5.10 Å². The first kappa shape index (κ1) is 15.6. The van der Waals surface area contributed by atoms with Gasteiger partial charge in [0.1, 0.15) is 5.76 Å². The molecule has 24 heavy (non-hydrogen) atoms. The molecule has 1 amide bonds. The Kier molecular flexibility index (Phi) is 4.43. The van der Waals surface area contributed by atoms with E-state index in [2.05, 4.69) is 16.0 Å². The highest BCUT2D eigenvalue weighted by atomic mass is 16.3. The van der Waals surface area contributed by atoms with Crippen molar-refractivity contribution in [2.45, 2.75) is 6.54 Å². The lowest BCUT2D eigenvalue weighted by Crippen LogP contribution is -2.30. The topological polar surface area (TPSA) is 64.2 Å². The highest BCUT2D eigenvalue weighted by molar-refractivity contribution is 5.95. The molecule has 0 aromatic carbocycles. The van der Waals surface area contributed by atoms with Crippen molar-refractivity contribution in [3.8, 4) is 23.5 Å². The second kappa shape index (κ2) is 6.84. The van der Waals surface area contributed by atoms with Gasteiger partial charge in [0.05, 0.1) is 31.1 Å². The third-order valence-electron chi connectivity index (χ3n) is 3.52. The normalized spacial score (nSPS) is 10.3. The number of amides is 1. The predicted octanol–water partition coefficient (Wildman–Crippen LogP) is 2.35. The molecule has 0 aliphatic rings. The molecule has 6 heteroatoms. The second-order valence-corrected chi connectivity index (χ2v) is 5.31. The van der Waals surface area contributed by atoms with Crippen LogP contribution in [0.2, 0.25) is 0 Å². The van der Waals surface area contributed by atoms with Gasteiger partial charge >= 0.3 is 0 Å². The smallest absolute Gasteiger partial charge is 0.256 e. The Balaban J connectivity index is 1.86. The van der Waals surface area contributed by atoms with Gasteiger partial charge in [-0.25, -0.2) is 0 Å². The lowest BCUT2D eigenvalue weighted by atomic mass is 10.1. The number of hydrogen-bond donors (Lipinski definition) is 0. The molecular formula is C18H16N4O2. The molecule has 0 N–H and O–H groups in total. The molecule has 0 unspecified atom stereocenters. The van der Waals surface area contributed by atoms with Gasteiger partial charge in [-0.05, 0) is 18.2 Å². The van der Waals surface area contributed by atoms with Crippen LogP contribution in [0.3, 0.4) is 0 Å². The first-order valence-electron chi connectivity index (χ1n) is 7.36. The molecule has 0 bridgehead atoms. The molecule has 0 fully saturated rings. The number of hydrogen-bond acceptors (Lipinski definition) is 4. The Bertz CT molecular complexity index is 875. The van der Waals surface area contributed by atoms with Gasteiger partial charge in [-0.15, -0.1) is 6.42 Å². The van der Waals surface area contributed by atoms with E-state index in [1.165, 1.54) is 6.20 Å². The van der Waals surface area contributed by atoms with E-state index in [1.807, 2.05) is 13.2 Å². The van der Waals surface area contributed by atoms with Crippen molar-refractivity contribution in [1.82, 2.24) is 19.7 Å². The Hall–Kier alpha value is -3.33. The van der Waals surface area contributed by atoms with Gasteiger partial charge < -0.3 is 9.32 Å². The van der Waals surface area contributed by atoms with Gasteiger partial charge in [0, 0.05) is 36.8 Å². The zero-order valence-electron chi connectivity index (χ0n) is 13.2. The number of terminal acetylenes is 1. The minimum Gasteiger partial charge on any atom is -0.467 e. The molecule has 120 valence electrons. The van der Waals surface area contributed by atoms with Gasteiger partial charge in [0.2, 0.25) is 0 Å². The Morgan fingerprint density at radius 1 is 1.38 bits per heavy atom. The fourth-order valence-electron chi connectivity index (χ4n) is 2.37. The maximum absolute atomic E-state index is 12.8. The summed E-state index contributed by atoms with van der Waals surface area (Å²) in [5.74, 6) is 2.99. The number of nitrogens with zero attached hydrogens (tertiary/aromatic N) is 4. The summed E-state index contributed by atoms with van der Waals surface area (Å²) < 4.78 is 7.00. The van der Waals surface area contributed by atoms with E-state index in [0.29, 0.717) is 17.9 Å². The summed E-state index contributed by atoms with van der Waals surface area (Å²) in [5, 5.41) is 4.14. The van der Waals surface area contributed by atoms with Crippen LogP contribution in [-0.2, 0) is 13.6 Å². The van der Waals surface area contributed by atoms with E-state index < -0.39 is 0 Å². The third-order valence-corrected chi connectivity index (χ3v) is 3.52. The zero-order chi connectivity index (χ0) is 16.9. The van der Waals surface area contributed by atoms with Crippen LogP contribution in [-0.4, -0.2) is 32.1 Å². The average Bonchev–Trinajstić information content (AvgIpc) is 3.25. The summed E-state index contributed by atoms with van der Waals surface area (Å²) >= 11 is 0. The lowest BCUT2D eigenvalue weighted by Gasteiger charge is -2.19. The maximum atomic E-state index is 12.8. The third kappa shape index (κ3) is 3.36. The molecular weight excluding hydrogens is 304 g/mol. The Morgan fingerprint density at radius 2 is 2.25 bits per heavy atom. The Morgan fingerprint density at radius 3 is 2.92 bits per heavy atom. The van der Waals surface area contributed by atoms with E-state index in [-0.39, 0.29) is 12.5 Å². The maximum Gasteiger partial charge on any atom is 0.256 e. The highest BCUT2D eigenvalue weighted by Gasteiger charge is 2.17. The van der Waals surface area contributed by atoms with Crippen LogP contribution in [0.1, 0.15) is 16.1 Å². The van der Waals surface area contributed by atoms with Crippen molar-refractivity contribution in [2.24, 2.45) is 7.05 Å². The van der Waals surface area contributed by atoms with Crippen molar-refractivity contribution >= 4 is 5.91 Å². The van der Waals surface area contributed by atoms with Crippen LogP contribution in [0.4, 0.5) is 0 Å². The zero-order valence-corrected chi connectivity index (χ0v) is 13.2. The highest BCUT2D eigenvalue weighted by Crippen LogP contribution is 2.19. The predicted molar refractivity (Wildman–Crippen MR) is 88.7 cm³/mol. The fourth-order valence-corrected chi connectivity index (χ4v) is 2.37. The largest absolute Gasteiger partial charge is 0.467 e. The van der Waals surface area contributed by atoms with Gasteiger partial charge in [-0.1, -0.05) is 5.92 Å².